The molecule has 1 aromatic carbocycles. The highest BCUT2D eigenvalue weighted by Gasteiger charge is 2.32. The van der Waals surface area contributed by atoms with E-state index in [4.69, 9.17) is 10.5 Å². The van der Waals surface area contributed by atoms with Crippen molar-refractivity contribution < 1.29 is 4.74 Å². The monoisotopic (exact) mass is 288 g/mol. The van der Waals surface area contributed by atoms with Crippen LogP contribution in [0.15, 0.2) is 18.2 Å². The number of fused-ring (bicyclic) bond motifs is 1. The van der Waals surface area contributed by atoms with Crippen LogP contribution in [0.3, 0.4) is 0 Å². The standard InChI is InChI=1S/C18H28N2O/c1-18(2)11-13-5-4-6-14(17(13)21-18)12-20(3)16-9-7-15(19)8-10-16/h4-6,15-16H,7-12,19H2,1-3H3. The van der Waals surface area contributed by atoms with Crippen molar-refractivity contribution >= 4 is 0 Å². The molecule has 2 N–H and O–H groups in total. The SMILES string of the molecule is CN(Cc1cccc2c1OC(C)(C)C2)C1CCC(N)CC1. The zero-order valence-corrected chi connectivity index (χ0v) is 13.6. The molecule has 3 rings (SSSR count). The van der Waals surface area contributed by atoms with E-state index in [-0.39, 0.29) is 5.60 Å². The van der Waals surface area contributed by atoms with Gasteiger partial charge in [-0.15, -0.1) is 0 Å². The summed E-state index contributed by atoms with van der Waals surface area (Å²) in [6, 6.07) is 7.66. The summed E-state index contributed by atoms with van der Waals surface area (Å²) in [7, 11) is 2.24. The van der Waals surface area contributed by atoms with Crippen molar-refractivity contribution in [1.29, 1.82) is 0 Å². The Balaban J connectivity index is 1.70. The summed E-state index contributed by atoms with van der Waals surface area (Å²) in [5, 5.41) is 0. The quantitative estimate of drug-likeness (QED) is 0.929. The second-order valence-electron chi connectivity index (χ2n) is 7.43. The van der Waals surface area contributed by atoms with E-state index < -0.39 is 0 Å². The maximum atomic E-state index is 6.18. The first kappa shape index (κ1) is 14.9. The minimum atomic E-state index is -0.0609. The van der Waals surface area contributed by atoms with Crippen molar-refractivity contribution in [3.8, 4) is 5.75 Å². The number of rotatable bonds is 3. The van der Waals surface area contributed by atoms with Crippen LogP contribution in [0.4, 0.5) is 0 Å². The number of hydrogen-bond acceptors (Lipinski definition) is 3. The molecule has 2 aliphatic rings. The fourth-order valence-electron chi connectivity index (χ4n) is 3.74. The van der Waals surface area contributed by atoms with Crippen LogP contribution in [0.2, 0.25) is 0 Å². The fourth-order valence-corrected chi connectivity index (χ4v) is 3.74. The molecule has 0 radical (unpaired) electrons. The Morgan fingerprint density at radius 2 is 1.95 bits per heavy atom. The van der Waals surface area contributed by atoms with Gasteiger partial charge in [-0.05, 0) is 52.1 Å². The smallest absolute Gasteiger partial charge is 0.127 e. The zero-order valence-electron chi connectivity index (χ0n) is 13.6. The van der Waals surface area contributed by atoms with E-state index in [1.165, 1.54) is 24.0 Å². The van der Waals surface area contributed by atoms with Gasteiger partial charge in [0.25, 0.3) is 0 Å². The molecule has 3 nitrogen and oxygen atoms in total. The number of para-hydroxylation sites is 1. The largest absolute Gasteiger partial charge is 0.487 e. The van der Waals surface area contributed by atoms with Gasteiger partial charge < -0.3 is 10.5 Å². The molecule has 0 unspecified atom stereocenters. The van der Waals surface area contributed by atoms with Crippen molar-refractivity contribution in [1.82, 2.24) is 4.90 Å². The van der Waals surface area contributed by atoms with Gasteiger partial charge in [0.2, 0.25) is 0 Å². The van der Waals surface area contributed by atoms with Crippen molar-refractivity contribution in [2.24, 2.45) is 5.73 Å². The Kier molecular flexibility index (Phi) is 3.98. The Morgan fingerprint density at radius 3 is 2.67 bits per heavy atom. The molecule has 21 heavy (non-hydrogen) atoms. The second-order valence-corrected chi connectivity index (χ2v) is 7.43. The first-order chi connectivity index (χ1) is 9.94. The molecule has 1 aliphatic carbocycles. The molecule has 116 valence electrons. The second kappa shape index (κ2) is 5.62. The highest BCUT2D eigenvalue weighted by molar-refractivity contribution is 5.45. The lowest BCUT2D eigenvalue weighted by Gasteiger charge is -2.33. The third-order valence-corrected chi connectivity index (χ3v) is 4.96. The van der Waals surface area contributed by atoms with Crippen molar-refractivity contribution in [2.75, 3.05) is 7.05 Å². The van der Waals surface area contributed by atoms with Gasteiger partial charge in [-0.3, -0.25) is 4.90 Å². The Labute approximate surface area is 128 Å². The maximum absolute atomic E-state index is 6.18. The molecule has 1 aliphatic heterocycles. The Bertz CT molecular complexity index is 504. The molecule has 0 saturated heterocycles. The lowest BCUT2D eigenvalue weighted by atomic mass is 9.90. The first-order valence-electron chi connectivity index (χ1n) is 8.20. The summed E-state index contributed by atoms with van der Waals surface area (Å²) in [6.07, 6.45) is 5.77. The molecule has 0 atom stereocenters. The molecule has 1 fully saturated rings. The van der Waals surface area contributed by atoms with Crippen molar-refractivity contribution in [2.45, 2.75) is 70.2 Å². The summed E-state index contributed by atoms with van der Waals surface area (Å²) in [4.78, 5) is 2.48. The minimum absolute atomic E-state index is 0.0609. The third kappa shape index (κ3) is 3.24. The third-order valence-electron chi connectivity index (χ3n) is 4.96. The predicted molar refractivity (Wildman–Crippen MR) is 86.6 cm³/mol. The van der Waals surface area contributed by atoms with E-state index in [9.17, 15) is 0 Å². The van der Waals surface area contributed by atoms with Crippen LogP contribution in [-0.4, -0.2) is 29.6 Å². The summed E-state index contributed by atoms with van der Waals surface area (Å²) in [5.74, 6) is 1.13. The van der Waals surface area contributed by atoms with E-state index in [2.05, 4.69) is 44.0 Å². The Morgan fingerprint density at radius 1 is 1.24 bits per heavy atom. The topological polar surface area (TPSA) is 38.5 Å². The van der Waals surface area contributed by atoms with Crippen LogP contribution in [0.5, 0.6) is 5.75 Å². The van der Waals surface area contributed by atoms with Gasteiger partial charge in [0.1, 0.15) is 11.4 Å². The number of benzene rings is 1. The van der Waals surface area contributed by atoms with Gasteiger partial charge in [0, 0.05) is 30.6 Å². The lowest BCUT2D eigenvalue weighted by Crippen LogP contribution is -2.38. The molecule has 3 heteroatoms. The lowest BCUT2D eigenvalue weighted by molar-refractivity contribution is 0.132. The molecular formula is C18H28N2O. The molecule has 0 spiro atoms. The number of nitrogens with zero attached hydrogens (tertiary/aromatic N) is 1. The molecule has 1 heterocycles. The van der Waals surface area contributed by atoms with E-state index >= 15 is 0 Å². The summed E-state index contributed by atoms with van der Waals surface area (Å²) in [6.45, 7) is 5.31. The fraction of sp³-hybridized carbons (Fsp3) is 0.667. The van der Waals surface area contributed by atoms with Crippen LogP contribution < -0.4 is 10.5 Å². The van der Waals surface area contributed by atoms with Gasteiger partial charge in [0.15, 0.2) is 0 Å². The average molecular weight is 288 g/mol. The van der Waals surface area contributed by atoms with Gasteiger partial charge in [-0.2, -0.15) is 0 Å². The first-order valence-corrected chi connectivity index (χ1v) is 8.20. The summed E-state index contributed by atoms with van der Waals surface area (Å²) < 4.78 is 6.18. The van der Waals surface area contributed by atoms with Gasteiger partial charge in [-0.1, -0.05) is 18.2 Å². The summed E-state index contributed by atoms with van der Waals surface area (Å²) >= 11 is 0. The molecule has 0 aromatic heterocycles. The van der Waals surface area contributed by atoms with E-state index in [1.54, 1.807) is 0 Å². The van der Waals surface area contributed by atoms with E-state index in [1.807, 2.05) is 0 Å². The van der Waals surface area contributed by atoms with Gasteiger partial charge in [-0.25, -0.2) is 0 Å². The molecule has 0 bridgehead atoms. The number of ether oxygens (including phenoxy) is 1. The van der Waals surface area contributed by atoms with E-state index in [0.29, 0.717) is 12.1 Å². The number of nitrogens with two attached hydrogens (primary N) is 1. The highest BCUT2D eigenvalue weighted by Crippen LogP contribution is 2.38. The predicted octanol–water partition coefficient (Wildman–Crippen LogP) is 3.10. The van der Waals surface area contributed by atoms with Gasteiger partial charge in [0.05, 0.1) is 0 Å². The van der Waals surface area contributed by atoms with Crippen LogP contribution in [0.25, 0.3) is 0 Å². The molecular weight excluding hydrogens is 260 g/mol. The maximum Gasteiger partial charge on any atom is 0.127 e. The zero-order chi connectivity index (χ0) is 15.0. The normalized spacial score (nSPS) is 27.5. The molecule has 1 aromatic rings. The Hall–Kier alpha value is -1.06. The van der Waals surface area contributed by atoms with Crippen LogP contribution in [0.1, 0.15) is 50.7 Å². The van der Waals surface area contributed by atoms with Crippen molar-refractivity contribution in [3.05, 3.63) is 29.3 Å². The summed E-state index contributed by atoms with van der Waals surface area (Å²) in [5.41, 5.74) is 8.64. The van der Waals surface area contributed by atoms with E-state index in [0.717, 1.165) is 31.6 Å². The van der Waals surface area contributed by atoms with Crippen molar-refractivity contribution in [3.63, 3.8) is 0 Å². The van der Waals surface area contributed by atoms with Crippen LogP contribution in [-0.2, 0) is 13.0 Å². The minimum Gasteiger partial charge on any atom is -0.487 e. The average Bonchev–Trinajstić information content (AvgIpc) is 2.74. The molecule has 1 saturated carbocycles. The van der Waals surface area contributed by atoms with Gasteiger partial charge >= 0.3 is 0 Å². The molecule has 0 amide bonds. The van der Waals surface area contributed by atoms with Crippen LogP contribution >= 0.6 is 0 Å². The number of hydrogen-bond donors (Lipinski definition) is 1. The highest BCUT2D eigenvalue weighted by atomic mass is 16.5. The van der Waals surface area contributed by atoms with Crippen LogP contribution in [0, 0.1) is 0 Å².